The van der Waals surface area contributed by atoms with Gasteiger partial charge in [-0.05, 0) is 24.6 Å². The van der Waals surface area contributed by atoms with Crippen molar-refractivity contribution in [1.82, 2.24) is 5.32 Å². The molecule has 2 N–H and O–H groups in total. The van der Waals surface area contributed by atoms with Gasteiger partial charge in [0.25, 0.3) is 11.8 Å². The first-order chi connectivity index (χ1) is 7.85. The molecule has 0 fully saturated rings. The third-order valence-corrected chi connectivity index (χ3v) is 3.03. The van der Waals surface area contributed by atoms with Crippen LogP contribution < -0.4 is 5.32 Å². The Morgan fingerprint density at radius 1 is 1.53 bits per heavy atom. The van der Waals surface area contributed by atoms with Crippen molar-refractivity contribution in [3.63, 3.8) is 0 Å². The molecule has 3 nitrogen and oxygen atoms in total. The minimum atomic E-state index is -3.29. The van der Waals surface area contributed by atoms with E-state index in [-0.39, 0.29) is 5.56 Å². The number of hydrogen-bond acceptors (Lipinski definition) is 2. The Morgan fingerprint density at radius 2 is 2.18 bits per heavy atom. The van der Waals surface area contributed by atoms with Gasteiger partial charge < -0.3 is 10.4 Å². The Kier molecular flexibility index (Phi) is 4.59. The monoisotopic (exact) mass is 307 g/mol. The van der Waals surface area contributed by atoms with Gasteiger partial charge in [0.05, 0.1) is 6.54 Å². The summed E-state index contributed by atoms with van der Waals surface area (Å²) < 4.78 is 26.1. The number of halogens is 3. The SMILES string of the molecule is Cc1ccc(C(=O)NCC(F)(F)CO)cc1Br. The van der Waals surface area contributed by atoms with E-state index in [0.29, 0.717) is 0 Å². The molecular weight excluding hydrogens is 296 g/mol. The number of rotatable bonds is 4. The lowest BCUT2D eigenvalue weighted by atomic mass is 10.1. The van der Waals surface area contributed by atoms with E-state index in [1.165, 1.54) is 0 Å². The molecular formula is C11H12BrF2NO2. The number of hydrogen-bond donors (Lipinski definition) is 2. The summed E-state index contributed by atoms with van der Waals surface area (Å²) in [5.74, 6) is -3.89. The number of alkyl halides is 2. The van der Waals surface area contributed by atoms with Gasteiger partial charge in [0.1, 0.15) is 6.61 Å². The highest BCUT2D eigenvalue weighted by Gasteiger charge is 2.28. The number of aryl methyl sites for hydroxylation is 1. The van der Waals surface area contributed by atoms with Gasteiger partial charge in [-0.3, -0.25) is 4.79 Å². The van der Waals surface area contributed by atoms with Crippen LogP contribution in [0, 0.1) is 6.92 Å². The third-order valence-electron chi connectivity index (χ3n) is 2.17. The van der Waals surface area contributed by atoms with Crippen molar-refractivity contribution in [2.75, 3.05) is 13.2 Å². The molecule has 17 heavy (non-hydrogen) atoms. The fraction of sp³-hybridized carbons (Fsp3) is 0.364. The lowest BCUT2D eigenvalue weighted by molar-refractivity contribution is -0.0462. The van der Waals surface area contributed by atoms with E-state index in [1.807, 2.05) is 6.92 Å². The summed E-state index contributed by atoms with van der Waals surface area (Å²) in [6, 6.07) is 4.82. The minimum absolute atomic E-state index is 0.288. The average Bonchev–Trinajstić information content (AvgIpc) is 2.30. The second-order valence-electron chi connectivity index (χ2n) is 3.66. The molecule has 0 saturated carbocycles. The second kappa shape index (κ2) is 5.55. The summed E-state index contributed by atoms with van der Waals surface area (Å²) in [4.78, 5) is 11.5. The van der Waals surface area contributed by atoms with E-state index in [2.05, 4.69) is 21.2 Å². The van der Waals surface area contributed by atoms with Crippen molar-refractivity contribution in [2.24, 2.45) is 0 Å². The Balaban J connectivity index is 2.68. The number of nitrogens with one attached hydrogen (secondary N) is 1. The molecule has 0 aromatic heterocycles. The van der Waals surface area contributed by atoms with Crippen LogP contribution >= 0.6 is 15.9 Å². The maximum atomic E-state index is 12.7. The van der Waals surface area contributed by atoms with E-state index in [0.717, 1.165) is 10.0 Å². The maximum absolute atomic E-state index is 12.7. The molecule has 0 heterocycles. The molecule has 0 aliphatic rings. The van der Waals surface area contributed by atoms with E-state index in [9.17, 15) is 13.6 Å². The molecule has 6 heteroatoms. The molecule has 1 aromatic rings. The van der Waals surface area contributed by atoms with Crippen LogP contribution in [0.25, 0.3) is 0 Å². The molecule has 0 aliphatic heterocycles. The minimum Gasteiger partial charge on any atom is -0.390 e. The van der Waals surface area contributed by atoms with Crippen LogP contribution in [0.4, 0.5) is 8.78 Å². The molecule has 0 atom stereocenters. The average molecular weight is 308 g/mol. The van der Waals surface area contributed by atoms with Crippen molar-refractivity contribution in [3.05, 3.63) is 33.8 Å². The Labute approximate surface area is 106 Å². The van der Waals surface area contributed by atoms with Crippen LogP contribution in [0.15, 0.2) is 22.7 Å². The lowest BCUT2D eigenvalue weighted by Gasteiger charge is -2.14. The predicted octanol–water partition coefficient (Wildman–Crippen LogP) is 2.11. The van der Waals surface area contributed by atoms with Crippen LogP contribution in [0.3, 0.4) is 0 Å². The summed E-state index contributed by atoms with van der Waals surface area (Å²) in [5, 5.41) is 10.4. The summed E-state index contributed by atoms with van der Waals surface area (Å²) in [7, 11) is 0. The molecule has 1 aromatic carbocycles. The molecule has 0 bridgehead atoms. The van der Waals surface area contributed by atoms with Gasteiger partial charge in [0, 0.05) is 10.0 Å². The summed E-state index contributed by atoms with van der Waals surface area (Å²) in [5.41, 5.74) is 1.23. The zero-order valence-corrected chi connectivity index (χ0v) is 10.7. The van der Waals surface area contributed by atoms with E-state index in [4.69, 9.17) is 5.11 Å². The fourth-order valence-electron chi connectivity index (χ4n) is 1.10. The van der Waals surface area contributed by atoms with Crippen molar-refractivity contribution < 1.29 is 18.7 Å². The molecule has 94 valence electrons. The standard InChI is InChI=1S/C11H12BrF2NO2/c1-7-2-3-8(4-9(7)12)10(17)15-5-11(13,14)6-16/h2-4,16H,5-6H2,1H3,(H,15,17). The van der Waals surface area contributed by atoms with Gasteiger partial charge in [-0.2, -0.15) is 0 Å². The zero-order valence-electron chi connectivity index (χ0n) is 9.14. The normalized spacial score (nSPS) is 11.4. The Bertz CT molecular complexity index is 424. The number of amides is 1. The van der Waals surface area contributed by atoms with Gasteiger partial charge in [0.2, 0.25) is 0 Å². The maximum Gasteiger partial charge on any atom is 0.287 e. The van der Waals surface area contributed by atoms with Gasteiger partial charge >= 0.3 is 0 Å². The number of carbonyl (C=O) groups excluding carboxylic acids is 1. The summed E-state index contributed by atoms with van der Waals surface area (Å²) in [6.45, 7) is -0.315. The largest absolute Gasteiger partial charge is 0.390 e. The smallest absolute Gasteiger partial charge is 0.287 e. The second-order valence-corrected chi connectivity index (χ2v) is 4.52. The number of carbonyl (C=O) groups is 1. The van der Waals surface area contributed by atoms with Crippen molar-refractivity contribution in [3.8, 4) is 0 Å². The van der Waals surface area contributed by atoms with E-state index >= 15 is 0 Å². The number of aliphatic hydroxyl groups excluding tert-OH is 1. The first-order valence-corrected chi connectivity index (χ1v) is 5.68. The van der Waals surface area contributed by atoms with Crippen molar-refractivity contribution in [2.45, 2.75) is 12.8 Å². The van der Waals surface area contributed by atoms with Gasteiger partial charge in [-0.1, -0.05) is 22.0 Å². The Morgan fingerprint density at radius 3 is 2.71 bits per heavy atom. The molecule has 0 saturated heterocycles. The highest BCUT2D eigenvalue weighted by molar-refractivity contribution is 9.10. The molecule has 0 radical (unpaired) electrons. The Hall–Kier alpha value is -1.01. The van der Waals surface area contributed by atoms with Gasteiger partial charge in [-0.15, -0.1) is 0 Å². The zero-order chi connectivity index (χ0) is 13.1. The van der Waals surface area contributed by atoms with Crippen LogP contribution in [-0.4, -0.2) is 30.1 Å². The van der Waals surface area contributed by atoms with Crippen molar-refractivity contribution in [1.29, 1.82) is 0 Å². The van der Waals surface area contributed by atoms with E-state index in [1.54, 1.807) is 18.2 Å². The first kappa shape index (κ1) is 14.1. The quantitative estimate of drug-likeness (QED) is 0.895. The van der Waals surface area contributed by atoms with Crippen LogP contribution in [0.5, 0.6) is 0 Å². The molecule has 1 rings (SSSR count). The highest BCUT2D eigenvalue weighted by atomic mass is 79.9. The first-order valence-electron chi connectivity index (χ1n) is 4.89. The number of benzene rings is 1. The third kappa shape index (κ3) is 4.05. The summed E-state index contributed by atoms with van der Waals surface area (Å²) in [6.07, 6.45) is 0. The topological polar surface area (TPSA) is 49.3 Å². The van der Waals surface area contributed by atoms with Crippen molar-refractivity contribution >= 4 is 21.8 Å². The van der Waals surface area contributed by atoms with Crippen LogP contribution in [0.1, 0.15) is 15.9 Å². The number of aliphatic hydroxyl groups is 1. The molecule has 1 amide bonds. The van der Waals surface area contributed by atoms with E-state index < -0.39 is 25.0 Å². The predicted molar refractivity (Wildman–Crippen MR) is 63.2 cm³/mol. The highest BCUT2D eigenvalue weighted by Crippen LogP contribution is 2.17. The molecule has 0 unspecified atom stereocenters. The van der Waals surface area contributed by atoms with Gasteiger partial charge in [0.15, 0.2) is 0 Å². The molecule has 0 spiro atoms. The van der Waals surface area contributed by atoms with Crippen LogP contribution in [0.2, 0.25) is 0 Å². The van der Waals surface area contributed by atoms with Gasteiger partial charge in [-0.25, -0.2) is 8.78 Å². The molecule has 0 aliphatic carbocycles. The lowest BCUT2D eigenvalue weighted by Crippen LogP contribution is -2.38. The summed E-state index contributed by atoms with van der Waals surface area (Å²) >= 11 is 3.25. The fourth-order valence-corrected chi connectivity index (χ4v) is 1.48. The van der Waals surface area contributed by atoms with Crippen LogP contribution in [-0.2, 0) is 0 Å².